The molecule has 0 saturated heterocycles. The van der Waals surface area contributed by atoms with E-state index in [4.69, 9.17) is 12.2 Å². The van der Waals surface area contributed by atoms with Crippen molar-refractivity contribution >= 4 is 24.0 Å². The van der Waals surface area contributed by atoms with Crippen molar-refractivity contribution in [2.75, 3.05) is 6.54 Å². The highest BCUT2D eigenvalue weighted by Crippen LogP contribution is 2.25. The molecule has 1 unspecified atom stereocenters. The maximum Gasteiger partial charge on any atom is 0.243 e. The Bertz CT molecular complexity index is 917. The molecular formula is C20H27N5O2S. The molecule has 0 bridgehead atoms. The van der Waals surface area contributed by atoms with Crippen LogP contribution in [-0.4, -0.2) is 44.1 Å². The first-order chi connectivity index (χ1) is 13.4. The van der Waals surface area contributed by atoms with Gasteiger partial charge in [0.15, 0.2) is 4.77 Å². The molecule has 0 fully saturated rings. The van der Waals surface area contributed by atoms with Crippen molar-refractivity contribution in [2.45, 2.75) is 45.7 Å². The number of fused-ring (bicyclic) bond motifs is 1. The Morgan fingerprint density at radius 1 is 1.32 bits per heavy atom. The van der Waals surface area contributed by atoms with E-state index in [9.17, 15) is 9.59 Å². The van der Waals surface area contributed by atoms with Crippen LogP contribution < -0.4 is 5.32 Å². The molecule has 1 aromatic carbocycles. The third-order valence-corrected chi connectivity index (χ3v) is 5.44. The normalized spacial score (nSPS) is 16.1. The van der Waals surface area contributed by atoms with Crippen LogP contribution in [0.15, 0.2) is 24.3 Å². The van der Waals surface area contributed by atoms with Crippen molar-refractivity contribution in [1.82, 2.24) is 25.0 Å². The van der Waals surface area contributed by atoms with E-state index in [1.165, 1.54) is 0 Å². The van der Waals surface area contributed by atoms with E-state index in [1.54, 1.807) is 9.47 Å². The molecule has 2 N–H and O–H groups in total. The zero-order valence-electron chi connectivity index (χ0n) is 16.6. The monoisotopic (exact) mass is 401 g/mol. The third kappa shape index (κ3) is 4.49. The number of carbonyl (C=O) groups excluding carboxylic acids is 2. The Labute approximate surface area is 170 Å². The van der Waals surface area contributed by atoms with Gasteiger partial charge in [-0.2, -0.15) is 5.10 Å². The number of aromatic nitrogens is 3. The summed E-state index contributed by atoms with van der Waals surface area (Å²) in [5.41, 5.74) is 2.25. The van der Waals surface area contributed by atoms with Gasteiger partial charge in [-0.3, -0.25) is 14.7 Å². The molecule has 0 radical (unpaired) electrons. The highest BCUT2D eigenvalue weighted by Gasteiger charge is 2.34. The lowest BCUT2D eigenvalue weighted by molar-refractivity contribution is -0.142. The van der Waals surface area contributed by atoms with E-state index >= 15 is 0 Å². The second-order valence-corrected chi connectivity index (χ2v) is 8.04. The lowest BCUT2D eigenvalue weighted by Crippen LogP contribution is -2.53. The molecule has 1 aliphatic heterocycles. The Morgan fingerprint density at radius 3 is 2.68 bits per heavy atom. The summed E-state index contributed by atoms with van der Waals surface area (Å²) < 4.78 is 2.34. The van der Waals surface area contributed by atoms with Crippen molar-refractivity contribution in [3.63, 3.8) is 0 Å². The summed E-state index contributed by atoms with van der Waals surface area (Å²) in [5, 5.41) is 9.87. The SMILES string of the molecule is CC(C)CC(=O)N1Cc2ccccc2CC1C(=O)NCCc1n[nH]c(=S)n1C. The predicted octanol–water partition coefficient (Wildman–Crippen LogP) is 2.14. The molecule has 0 aliphatic carbocycles. The molecule has 150 valence electrons. The fraction of sp³-hybridized carbons (Fsp3) is 0.500. The number of hydrogen-bond donors (Lipinski definition) is 2. The molecule has 8 heteroatoms. The molecule has 28 heavy (non-hydrogen) atoms. The summed E-state index contributed by atoms with van der Waals surface area (Å²) in [5.74, 6) is 0.940. The lowest BCUT2D eigenvalue weighted by atomic mass is 9.92. The molecule has 0 saturated carbocycles. The van der Waals surface area contributed by atoms with Crippen molar-refractivity contribution in [2.24, 2.45) is 13.0 Å². The van der Waals surface area contributed by atoms with Crippen molar-refractivity contribution in [3.05, 3.63) is 46.0 Å². The van der Waals surface area contributed by atoms with Crippen molar-refractivity contribution in [1.29, 1.82) is 0 Å². The Kier molecular flexibility index (Phi) is 6.28. The standard InChI is InChI=1S/C20H27N5O2S/c1-13(2)10-18(26)25-12-15-7-5-4-6-14(15)11-16(25)19(27)21-9-8-17-22-23-20(28)24(17)3/h4-7,13,16H,8-12H2,1-3H3,(H,21,27)(H,23,28). The first-order valence-electron chi connectivity index (χ1n) is 9.61. The average Bonchev–Trinajstić information content (AvgIpc) is 2.98. The largest absolute Gasteiger partial charge is 0.354 e. The van der Waals surface area contributed by atoms with Gasteiger partial charge in [-0.1, -0.05) is 38.1 Å². The van der Waals surface area contributed by atoms with Gasteiger partial charge < -0.3 is 14.8 Å². The number of amides is 2. The minimum absolute atomic E-state index is 0.0269. The van der Waals surface area contributed by atoms with Gasteiger partial charge in [0.2, 0.25) is 11.8 Å². The molecular weight excluding hydrogens is 374 g/mol. The second-order valence-electron chi connectivity index (χ2n) is 7.65. The quantitative estimate of drug-likeness (QED) is 0.727. The zero-order chi connectivity index (χ0) is 20.3. The van der Waals surface area contributed by atoms with E-state index in [2.05, 4.69) is 15.5 Å². The van der Waals surface area contributed by atoms with Crippen LogP contribution in [0, 0.1) is 10.7 Å². The summed E-state index contributed by atoms with van der Waals surface area (Å²) in [7, 11) is 1.84. The summed E-state index contributed by atoms with van der Waals surface area (Å²) in [6, 6.07) is 7.53. The van der Waals surface area contributed by atoms with E-state index in [-0.39, 0.29) is 17.7 Å². The summed E-state index contributed by atoms with van der Waals surface area (Å²) in [6.07, 6.45) is 1.55. The van der Waals surface area contributed by atoms with Crippen LogP contribution >= 0.6 is 12.2 Å². The van der Waals surface area contributed by atoms with E-state index < -0.39 is 6.04 Å². The highest BCUT2D eigenvalue weighted by atomic mass is 32.1. The number of rotatable bonds is 6. The number of benzene rings is 1. The topological polar surface area (TPSA) is 83.0 Å². The summed E-state index contributed by atoms with van der Waals surface area (Å²) >= 11 is 5.11. The maximum absolute atomic E-state index is 12.9. The molecule has 3 rings (SSSR count). The lowest BCUT2D eigenvalue weighted by Gasteiger charge is -2.36. The van der Waals surface area contributed by atoms with Crippen molar-refractivity contribution in [3.8, 4) is 0 Å². The van der Waals surface area contributed by atoms with Gasteiger partial charge in [0.25, 0.3) is 0 Å². The van der Waals surface area contributed by atoms with Crippen LogP contribution in [0.1, 0.15) is 37.2 Å². The average molecular weight is 402 g/mol. The van der Waals surface area contributed by atoms with Gasteiger partial charge in [-0.05, 0) is 29.3 Å². The second kappa shape index (κ2) is 8.68. The van der Waals surface area contributed by atoms with Gasteiger partial charge in [-0.25, -0.2) is 0 Å². The minimum atomic E-state index is -0.483. The first-order valence-corrected chi connectivity index (χ1v) is 10.0. The number of aromatic amines is 1. The van der Waals surface area contributed by atoms with Crippen LogP contribution in [-0.2, 0) is 36.0 Å². The molecule has 1 aliphatic rings. The number of nitrogens with zero attached hydrogens (tertiary/aromatic N) is 3. The van der Waals surface area contributed by atoms with E-state index in [1.807, 2.05) is 45.2 Å². The van der Waals surface area contributed by atoms with Crippen molar-refractivity contribution < 1.29 is 9.59 Å². The number of nitrogens with one attached hydrogen (secondary N) is 2. The van der Waals surface area contributed by atoms with Crippen LogP contribution in [0.2, 0.25) is 0 Å². The Hall–Kier alpha value is -2.48. The van der Waals surface area contributed by atoms with Crippen LogP contribution in [0.5, 0.6) is 0 Å². The fourth-order valence-corrected chi connectivity index (χ4v) is 3.66. The van der Waals surface area contributed by atoms with Gasteiger partial charge >= 0.3 is 0 Å². The fourth-order valence-electron chi connectivity index (χ4n) is 3.50. The highest BCUT2D eigenvalue weighted by molar-refractivity contribution is 7.71. The smallest absolute Gasteiger partial charge is 0.243 e. The van der Waals surface area contributed by atoms with E-state index in [0.29, 0.717) is 37.1 Å². The molecule has 2 heterocycles. The van der Waals surface area contributed by atoms with Gasteiger partial charge in [0, 0.05) is 39.4 Å². The molecule has 1 atom stereocenters. The maximum atomic E-state index is 12.9. The molecule has 2 aromatic rings. The predicted molar refractivity (Wildman–Crippen MR) is 109 cm³/mol. The number of carbonyl (C=O) groups is 2. The minimum Gasteiger partial charge on any atom is -0.354 e. The molecule has 2 amide bonds. The zero-order valence-corrected chi connectivity index (χ0v) is 17.4. The number of hydrogen-bond acceptors (Lipinski definition) is 4. The summed E-state index contributed by atoms with van der Waals surface area (Å²) in [4.78, 5) is 27.5. The molecule has 1 aromatic heterocycles. The Morgan fingerprint density at radius 2 is 2.04 bits per heavy atom. The molecule has 7 nitrogen and oxygen atoms in total. The third-order valence-electron chi connectivity index (χ3n) is 5.07. The van der Waals surface area contributed by atoms with Gasteiger partial charge in [-0.15, -0.1) is 0 Å². The Balaban J connectivity index is 1.70. The number of H-pyrrole nitrogens is 1. The van der Waals surface area contributed by atoms with Gasteiger partial charge in [0.05, 0.1) is 0 Å². The summed E-state index contributed by atoms with van der Waals surface area (Å²) in [6.45, 7) is 4.95. The van der Waals surface area contributed by atoms with Crippen LogP contribution in [0.3, 0.4) is 0 Å². The first kappa shape index (κ1) is 20.3. The van der Waals surface area contributed by atoms with Crippen LogP contribution in [0.25, 0.3) is 0 Å². The van der Waals surface area contributed by atoms with Crippen LogP contribution in [0.4, 0.5) is 0 Å². The van der Waals surface area contributed by atoms with Gasteiger partial charge in [0.1, 0.15) is 11.9 Å². The molecule has 0 spiro atoms. The van der Waals surface area contributed by atoms with E-state index in [0.717, 1.165) is 17.0 Å².